The third-order valence-electron chi connectivity index (χ3n) is 3.79. The van der Waals surface area contributed by atoms with Crippen molar-refractivity contribution in [2.24, 2.45) is 22.5 Å². The molecular formula is C14H32N2O3. The summed E-state index contributed by atoms with van der Waals surface area (Å²) in [6.07, 6.45) is 0.861. The molecule has 19 heavy (non-hydrogen) atoms. The Bertz CT molecular complexity index is 336. The van der Waals surface area contributed by atoms with Gasteiger partial charge in [0.2, 0.25) is 0 Å². The number of hydrogen-bond donors (Lipinski definition) is 2. The highest BCUT2D eigenvalue weighted by atomic mass is 16.5. The lowest BCUT2D eigenvalue weighted by Crippen LogP contribution is -2.35. The normalized spacial score (nSPS) is 23.1. The molecule has 0 radical (unpaired) electrons. The van der Waals surface area contributed by atoms with E-state index >= 15 is 0 Å². The molecule has 2 amide bonds. The van der Waals surface area contributed by atoms with Gasteiger partial charge in [-0.3, -0.25) is 4.79 Å². The molecule has 1 saturated carbocycles. The third kappa shape index (κ3) is 3.85. The number of urea groups is 1. The van der Waals surface area contributed by atoms with Crippen LogP contribution < -0.4 is 11.1 Å². The van der Waals surface area contributed by atoms with E-state index in [1.807, 2.05) is 27.7 Å². The number of nitrogens with two attached hydrogens (primary N) is 1. The predicted molar refractivity (Wildman–Crippen MR) is 79.8 cm³/mol. The van der Waals surface area contributed by atoms with Gasteiger partial charge in [-0.15, -0.1) is 0 Å². The molecule has 0 spiro atoms. The van der Waals surface area contributed by atoms with Crippen molar-refractivity contribution in [2.75, 3.05) is 13.2 Å². The Morgan fingerprint density at radius 2 is 1.84 bits per heavy atom. The first-order chi connectivity index (χ1) is 8.74. The number of amides is 2. The van der Waals surface area contributed by atoms with Crippen molar-refractivity contribution in [3.05, 3.63) is 0 Å². The lowest BCUT2D eigenvalue weighted by molar-refractivity contribution is -0.153. The second-order valence-electron chi connectivity index (χ2n) is 5.61. The van der Waals surface area contributed by atoms with Crippen molar-refractivity contribution in [2.45, 2.75) is 48.0 Å². The van der Waals surface area contributed by atoms with E-state index in [0.29, 0.717) is 0 Å². The molecule has 5 nitrogen and oxygen atoms in total. The summed E-state index contributed by atoms with van der Waals surface area (Å²) in [6, 6.07) is -0.605. The van der Waals surface area contributed by atoms with Crippen LogP contribution in [0.15, 0.2) is 0 Å². The molecule has 5 heteroatoms. The predicted octanol–water partition coefficient (Wildman–Crippen LogP) is 2.79. The summed E-state index contributed by atoms with van der Waals surface area (Å²) in [5.41, 5.74) is 4.56. The third-order valence-corrected chi connectivity index (χ3v) is 3.79. The van der Waals surface area contributed by atoms with Crippen LogP contribution in [0.4, 0.5) is 4.79 Å². The van der Waals surface area contributed by atoms with Crippen molar-refractivity contribution < 1.29 is 17.2 Å². The largest absolute Gasteiger partial charge is 0.463 e. The summed E-state index contributed by atoms with van der Waals surface area (Å²) >= 11 is 0. The maximum absolute atomic E-state index is 12.1. The molecule has 1 rings (SSSR count). The van der Waals surface area contributed by atoms with Gasteiger partial charge >= 0.3 is 12.0 Å². The summed E-state index contributed by atoms with van der Waals surface area (Å²) in [6.45, 7) is 12.7. The molecule has 116 valence electrons. The average molecular weight is 276 g/mol. The first-order valence-electron chi connectivity index (χ1n) is 6.94. The van der Waals surface area contributed by atoms with E-state index in [1.54, 1.807) is 0 Å². The monoisotopic (exact) mass is 276 g/mol. The van der Waals surface area contributed by atoms with Crippen LogP contribution in [-0.4, -0.2) is 25.2 Å². The molecule has 0 aromatic carbocycles. The Balaban J connectivity index is -0.000000774. The Labute approximate surface area is 119 Å². The fourth-order valence-corrected chi connectivity index (χ4v) is 2.67. The number of ether oxygens (including phenoxy) is 1. The standard InChI is InChI=1S/C12H22N2O3.C2H6.2H2/c1-8(2)12(7-11(12,3)4)9(15)17-6-5-14-10(13)16;1-2;;/h8H,5-7H2,1-4H3,(H3,13,14,16);1-2H3;2*1H. The summed E-state index contributed by atoms with van der Waals surface area (Å²) in [5, 5.41) is 2.38. The molecule has 0 saturated heterocycles. The number of rotatable bonds is 5. The molecule has 0 aliphatic heterocycles. The van der Waals surface area contributed by atoms with Crippen LogP contribution in [0.1, 0.15) is 50.8 Å². The van der Waals surface area contributed by atoms with Crippen LogP contribution >= 0.6 is 0 Å². The first kappa shape index (κ1) is 17.7. The number of carbonyl (C=O) groups is 2. The fourth-order valence-electron chi connectivity index (χ4n) is 2.67. The number of nitrogens with one attached hydrogen (secondary N) is 1. The van der Waals surface area contributed by atoms with Crippen molar-refractivity contribution in [1.82, 2.24) is 5.32 Å². The molecule has 1 aliphatic rings. The molecule has 1 atom stereocenters. The smallest absolute Gasteiger partial charge is 0.312 e. The van der Waals surface area contributed by atoms with Crippen LogP contribution in [0.5, 0.6) is 0 Å². The second-order valence-corrected chi connectivity index (χ2v) is 5.61. The van der Waals surface area contributed by atoms with Crippen LogP contribution in [0.3, 0.4) is 0 Å². The van der Waals surface area contributed by atoms with Gasteiger partial charge in [0.15, 0.2) is 0 Å². The molecule has 0 aromatic heterocycles. The SMILES string of the molecule is CC.CC(C)C1(C(=O)OCCNC(N)=O)CC1(C)C.[HH].[HH]. The highest BCUT2D eigenvalue weighted by Crippen LogP contribution is 2.67. The van der Waals surface area contributed by atoms with Gasteiger partial charge in [0.05, 0.1) is 12.0 Å². The van der Waals surface area contributed by atoms with Crippen LogP contribution in [0, 0.1) is 16.7 Å². The van der Waals surface area contributed by atoms with Gasteiger partial charge in [-0.1, -0.05) is 41.5 Å². The number of primary amides is 1. The van der Waals surface area contributed by atoms with Crippen molar-refractivity contribution in [3.63, 3.8) is 0 Å². The minimum atomic E-state index is -0.605. The van der Waals surface area contributed by atoms with E-state index < -0.39 is 6.03 Å². The average Bonchev–Trinajstić information content (AvgIpc) is 2.92. The lowest BCUT2D eigenvalue weighted by atomic mass is 9.85. The summed E-state index contributed by atoms with van der Waals surface area (Å²) < 4.78 is 5.21. The molecule has 1 fully saturated rings. The topological polar surface area (TPSA) is 81.4 Å². The van der Waals surface area contributed by atoms with Gasteiger partial charge in [-0.25, -0.2) is 4.79 Å². The fraction of sp³-hybridized carbons (Fsp3) is 0.857. The van der Waals surface area contributed by atoms with Gasteiger partial charge < -0.3 is 15.8 Å². The molecule has 1 aliphatic carbocycles. The van der Waals surface area contributed by atoms with E-state index in [2.05, 4.69) is 19.2 Å². The van der Waals surface area contributed by atoms with Gasteiger partial charge in [0.1, 0.15) is 6.61 Å². The minimum Gasteiger partial charge on any atom is -0.463 e. The summed E-state index contributed by atoms with van der Waals surface area (Å²) in [7, 11) is 0. The minimum absolute atomic E-state index is 0. The Morgan fingerprint density at radius 3 is 2.16 bits per heavy atom. The van der Waals surface area contributed by atoms with Crippen LogP contribution in [0.2, 0.25) is 0 Å². The number of esters is 1. The summed E-state index contributed by atoms with van der Waals surface area (Å²) in [4.78, 5) is 22.5. The van der Waals surface area contributed by atoms with Gasteiger partial charge in [0, 0.05) is 2.85 Å². The van der Waals surface area contributed by atoms with Crippen LogP contribution in [0.25, 0.3) is 0 Å². The Kier molecular flexibility index (Phi) is 6.33. The lowest BCUT2D eigenvalue weighted by Gasteiger charge is -2.22. The van der Waals surface area contributed by atoms with E-state index in [-0.39, 0.29) is 38.7 Å². The zero-order valence-electron chi connectivity index (χ0n) is 13.0. The van der Waals surface area contributed by atoms with Crippen molar-refractivity contribution in [3.8, 4) is 0 Å². The molecule has 0 aromatic rings. The maximum Gasteiger partial charge on any atom is 0.312 e. The van der Waals surface area contributed by atoms with E-state index in [4.69, 9.17) is 10.5 Å². The van der Waals surface area contributed by atoms with Gasteiger partial charge in [-0.05, 0) is 17.8 Å². The van der Waals surface area contributed by atoms with Crippen LogP contribution in [-0.2, 0) is 9.53 Å². The molecule has 0 heterocycles. The van der Waals surface area contributed by atoms with Gasteiger partial charge in [0.25, 0.3) is 0 Å². The zero-order valence-corrected chi connectivity index (χ0v) is 13.0. The zero-order chi connectivity index (χ0) is 15.3. The van der Waals surface area contributed by atoms with E-state index in [9.17, 15) is 9.59 Å². The van der Waals surface area contributed by atoms with E-state index in [1.165, 1.54) is 0 Å². The second kappa shape index (κ2) is 6.78. The highest BCUT2D eigenvalue weighted by molar-refractivity contribution is 5.82. The Hall–Kier alpha value is -1.26. The molecule has 0 bridgehead atoms. The number of carbonyl (C=O) groups excluding carboxylic acids is 2. The summed E-state index contributed by atoms with van der Waals surface area (Å²) in [5.74, 6) is 0.0953. The highest BCUT2D eigenvalue weighted by Gasteiger charge is 2.68. The molecule has 3 N–H and O–H groups in total. The Morgan fingerprint density at radius 1 is 1.37 bits per heavy atom. The first-order valence-corrected chi connectivity index (χ1v) is 6.94. The molecular weight excluding hydrogens is 244 g/mol. The quantitative estimate of drug-likeness (QED) is 0.598. The van der Waals surface area contributed by atoms with Crippen molar-refractivity contribution >= 4 is 12.0 Å². The van der Waals surface area contributed by atoms with E-state index in [0.717, 1.165) is 6.42 Å². The number of hydrogen-bond acceptors (Lipinski definition) is 3. The van der Waals surface area contributed by atoms with Gasteiger partial charge in [-0.2, -0.15) is 0 Å². The molecule has 1 unspecified atom stereocenters. The van der Waals surface area contributed by atoms with Crippen molar-refractivity contribution in [1.29, 1.82) is 0 Å². The maximum atomic E-state index is 12.1.